The number of nitrogens with one attached hydrogen (secondary N) is 1. The minimum atomic E-state index is 0. The number of para-hydroxylation sites is 1. The van der Waals surface area contributed by atoms with Crippen molar-refractivity contribution in [2.75, 3.05) is 0 Å². The van der Waals surface area contributed by atoms with Crippen LogP contribution in [0, 0.1) is 11.8 Å². The largest absolute Gasteiger partial charge is 0.361 e. The highest BCUT2D eigenvalue weighted by molar-refractivity contribution is 14.0. The van der Waals surface area contributed by atoms with E-state index in [-0.39, 0.29) is 31.4 Å². The summed E-state index contributed by atoms with van der Waals surface area (Å²) in [6, 6.07) is 10.3. The molecular weight excluding hydrogens is 275 g/mol. The van der Waals surface area contributed by atoms with Crippen LogP contribution in [0.4, 0.5) is 0 Å². The van der Waals surface area contributed by atoms with Crippen LogP contribution in [0.25, 0.3) is 10.9 Å². The smallest absolute Gasteiger partial charge is 0.0462 e. The Morgan fingerprint density at radius 3 is 2.31 bits per heavy atom. The van der Waals surface area contributed by atoms with Gasteiger partial charge in [0.25, 0.3) is 0 Å². The molecule has 0 radical (unpaired) electrons. The van der Waals surface area contributed by atoms with Crippen LogP contribution in [0.5, 0.6) is 0 Å². The van der Waals surface area contributed by atoms with Crippen molar-refractivity contribution in [1.82, 2.24) is 4.98 Å². The van der Waals surface area contributed by atoms with E-state index in [4.69, 9.17) is 5.26 Å². The molecule has 13 heavy (non-hydrogen) atoms. The zero-order valence-electron chi connectivity index (χ0n) is 6.40. The van der Waals surface area contributed by atoms with Crippen molar-refractivity contribution in [3.63, 3.8) is 0 Å². The number of aromatic nitrogens is 1. The predicted molar refractivity (Wildman–Crippen MR) is 67.1 cm³/mol. The maximum atomic E-state index is 6.50. The number of benzene rings is 1. The van der Waals surface area contributed by atoms with E-state index in [2.05, 4.69) is 29.8 Å². The van der Waals surface area contributed by atoms with Crippen LogP contribution in [-0.4, -0.2) is 4.98 Å². The Kier molecular flexibility index (Phi) is 8.50. The van der Waals surface area contributed by atoms with E-state index in [1.165, 1.54) is 10.9 Å². The summed E-state index contributed by atoms with van der Waals surface area (Å²) in [6.07, 6.45) is 1.95. The van der Waals surface area contributed by atoms with E-state index in [1.54, 1.807) is 0 Å². The molecule has 0 amide bonds. The van der Waals surface area contributed by atoms with Crippen molar-refractivity contribution in [3.05, 3.63) is 36.5 Å². The number of H-pyrrole nitrogens is 1. The molecule has 0 bridgehead atoms. The van der Waals surface area contributed by atoms with Crippen molar-refractivity contribution >= 4 is 34.9 Å². The van der Waals surface area contributed by atoms with Gasteiger partial charge in [-0.1, -0.05) is 25.6 Å². The van der Waals surface area contributed by atoms with E-state index in [9.17, 15) is 0 Å². The van der Waals surface area contributed by atoms with Crippen LogP contribution in [0.3, 0.4) is 0 Å². The fraction of sp³-hybridized carbons (Fsp3) is 0.100. The van der Waals surface area contributed by atoms with Crippen molar-refractivity contribution in [2.24, 2.45) is 0 Å². The monoisotopic (exact) mass is 288 g/mol. The Hall–Kier alpha value is -1.02. The summed E-state index contributed by atoms with van der Waals surface area (Å²) in [6.45, 7) is 3.50. The van der Waals surface area contributed by atoms with Gasteiger partial charge in [-0.15, -0.1) is 24.0 Å². The molecule has 0 spiro atoms. The molecule has 0 fully saturated rings. The van der Waals surface area contributed by atoms with Gasteiger partial charge in [0.15, 0.2) is 0 Å². The van der Waals surface area contributed by atoms with Gasteiger partial charge < -0.3 is 4.98 Å². The first-order valence-electron chi connectivity index (χ1n) is 3.25. The molecule has 0 aliphatic rings. The third-order valence-corrected chi connectivity index (χ3v) is 1.46. The lowest BCUT2D eigenvalue weighted by molar-refractivity contribution is 1.48. The number of rotatable bonds is 0. The minimum Gasteiger partial charge on any atom is -0.361 e. The highest BCUT2D eigenvalue weighted by atomic mass is 127. The molecule has 0 atom stereocenters. The second-order valence-corrected chi connectivity index (χ2v) is 2.06. The van der Waals surface area contributed by atoms with Crippen molar-refractivity contribution in [3.8, 4) is 6.57 Å². The molecule has 0 aliphatic carbocycles. The maximum absolute atomic E-state index is 6.50. The Bertz CT molecular complexity index is 321. The van der Waals surface area contributed by atoms with Crippen molar-refractivity contribution < 1.29 is 0 Å². The van der Waals surface area contributed by atoms with Gasteiger partial charge in [-0.05, 0) is 17.5 Å². The SMILES string of the molecule is C.C#N.I.c1ccc2[nH]ccc2c1. The summed E-state index contributed by atoms with van der Waals surface area (Å²) in [5.74, 6) is 0. The Labute approximate surface area is 95.6 Å². The van der Waals surface area contributed by atoms with Gasteiger partial charge in [0.1, 0.15) is 0 Å². The zero-order chi connectivity index (χ0) is 8.10. The van der Waals surface area contributed by atoms with Gasteiger partial charge in [-0.3, -0.25) is 0 Å². The molecule has 1 N–H and O–H groups in total. The molecule has 2 aromatic rings. The van der Waals surface area contributed by atoms with Gasteiger partial charge in [0.05, 0.1) is 0 Å². The van der Waals surface area contributed by atoms with Gasteiger partial charge in [-0.2, -0.15) is 0 Å². The number of nitrogens with zero attached hydrogens (tertiary/aromatic N) is 1. The first-order chi connectivity index (χ1) is 5.47. The lowest BCUT2D eigenvalue weighted by Crippen LogP contribution is -1.61. The van der Waals surface area contributed by atoms with Crippen LogP contribution >= 0.6 is 24.0 Å². The topological polar surface area (TPSA) is 39.6 Å². The predicted octanol–water partition coefficient (Wildman–Crippen LogP) is 3.56. The fourth-order valence-electron chi connectivity index (χ4n) is 0.995. The number of hydrogen-bond donors (Lipinski definition) is 1. The van der Waals surface area contributed by atoms with Gasteiger partial charge in [0.2, 0.25) is 0 Å². The molecular formula is C10H13IN2. The first-order valence-corrected chi connectivity index (χ1v) is 3.25. The van der Waals surface area contributed by atoms with Crippen LogP contribution < -0.4 is 0 Å². The molecule has 0 aliphatic heterocycles. The van der Waals surface area contributed by atoms with Crippen LogP contribution in [0.15, 0.2) is 36.5 Å². The quantitative estimate of drug-likeness (QED) is 0.740. The van der Waals surface area contributed by atoms with E-state index in [0.29, 0.717) is 0 Å². The molecule has 0 saturated carbocycles. The fourth-order valence-corrected chi connectivity index (χ4v) is 0.995. The number of halogens is 1. The second kappa shape index (κ2) is 7.62. The van der Waals surface area contributed by atoms with Crippen LogP contribution in [0.1, 0.15) is 7.43 Å². The Morgan fingerprint density at radius 1 is 1.08 bits per heavy atom. The average Bonchev–Trinajstić information content (AvgIpc) is 2.55. The van der Waals surface area contributed by atoms with E-state index in [0.717, 1.165) is 0 Å². The number of nitriles is 1. The summed E-state index contributed by atoms with van der Waals surface area (Å²) in [5.41, 5.74) is 1.21. The Balaban J connectivity index is 0. The molecule has 1 aromatic heterocycles. The second-order valence-electron chi connectivity index (χ2n) is 2.06. The first kappa shape index (κ1) is 14.5. The molecule has 0 saturated heterocycles. The molecule has 2 rings (SSSR count). The van der Waals surface area contributed by atoms with E-state index >= 15 is 0 Å². The number of aromatic amines is 1. The van der Waals surface area contributed by atoms with Crippen LogP contribution in [-0.2, 0) is 0 Å². The van der Waals surface area contributed by atoms with E-state index < -0.39 is 0 Å². The number of hydrogen-bond acceptors (Lipinski definition) is 1. The average molecular weight is 288 g/mol. The summed E-state index contributed by atoms with van der Waals surface area (Å²) >= 11 is 0. The summed E-state index contributed by atoms with van der Waals surface area (Å²) in [5, 5.41) is 7.78. The standard InChI is InChI=1S/C8H7N.CHN.CH4.HI/c1-2-4-8-7(3-1)5-6-9-8;1-2;;/h1-6,9H;1H;1H4;1H. The molecule has 1 aromatic carbocycles. The minimum absolute atomic E-state index is 0. The third-order valence-electron chi connectivity index (χ3n) is 1.46. The lowest BCUT2D eigenvalue weighted by atomic mass is 10.3. The Morgan fingerprint density at radius 2 is 1.69 bits per heavy atom. The molecule has 3 heteroatoms. The highest BCUT2D eigenvalue weighted by Gasteiger charge is 1.86. The maximum Gasteiger partial charge on any atom is 0.0462 e. The van der Waals surface area contributed by atoms with E-state index in [1.807, 2.05) is 18.3 Å². The lowest BCUT2D eigenvalue weighted by Gasteiger charge is -1.83. The summed E-state index contributed by atoms with van der Waals surface area (Å²) in [4.78, 5) is 3.12. The third kappa shape index (κ3) is 3.47. The van der Waals surface area contributed by atoms with Gasteiger partial charge in [0, 0.05) is 18.3 Å². The molecule has 1 heterocycles. The summed E-state index contributed by atoms with van der Waals surface area (Å²) < 4.78 is 0. The molecule has 2 nitrogen and oxygen atoms in total. The number of fused-ring (bicyclic) bond motifs is 1. The summed E-state index contributed by atoms with van der Waals surface area (Å²) in [7, 11) is 0. The van der Waals surface area contributed by atoms with Gasteiger partial charge >= 0.3 is 0 Å². The molecule has 0 unspecified atom stereocenters. The normalized spacial score (nSPS) is 7.23. The van der Waals surface area contributed by atoms with Crippen molar-refractivity contribution in [1.29, 1.82) is 5.26 Å². The van der Waals surface area contributed by atoms with Gasteiger partial charge in [-0.25, -0.2) is 5.26 Å². The zero-order valence-corrected chi connectivity index (χ0v) is 8.73. The highest BCUT2D eigenvalue weighted by Crippen LogP contribution is 2.09. The molecule has 70 valence electrons. The van der Waals surface area contributed by atoms with Crippen LogP contribution in [0.2, 0.25) is 0 Å². The van der Waals surface area contributed by atoms with Crippen molar-refractivity contribution in [2.45, 2.75) is 7.43 Å².